The van der Waals surface area contributed by atoms with Gasteiger partial charge in [-0.25, -0.2) is 4.79 Å². The fourth-order valence-electron chi connectivity index (χ4n) is 3.07. The van der Waals surface area contributed by atoms with Crippen LogP contribution in [0.1, 0.15) is 56.3 Å². The Kier molecular flexibility index (Phi) is 23.3. The minimum atomic E-state index is -0.351. The van der Waals surface area contributed by atoms with E-state index in [9.17, 15) is 4.79 Å². The maximum absolute atomic E-state index is 12.1. The van der Waals surface area contributed by atoms with E-state index in [1.807, 2.05) is 12.1 Å². The van der Waals surface area contributed by atoms with E-state index in [1.54, 1.807) is 12.1 Å². The normalized spacial score (nSPS) is 11.1. The summed E-state index contributed by atoms with van der Waals surface area (Å²) in [7, 11) is 0. The van der Waals surface area contributed by atoms with Gasteiger partial charge in [0.05, 0.1) is 78.2 Å². The third kappa shape index (κ3) is 20.9. The van der Waals surface area contributed by atoms with Crippen LogP contribution < -0.4 is 5.32 Å². The molecule has 37 heavy (non-hydrogen) atoms. The lowest BCUT2D eigenvalue weighted by Crippen LogP contribution is -2.15. The molecule has 1 rings (SSSR count). The summed E-state index contributed by atoms with van der Waals surface area (Å²) >= 11 is 0. The standard InChI is InChI=1S/C28H49NO8/c1-3-5-7-13-31-14-15-32-16-17-33-18-19-34-20-21-35-22-23-36-24-25-37-28(30)26-8-10-27(11-9-26)29-12-6-4-2/h8-11,29H,3-7,12-25H2,1-2H3. The van der Waals surface area contributed by atoms with Crippen LogP contribution in [0.5, 0.6) is 0 Å². The third-order valence-corrected chi connectivity index (χ3v) is 5.19. The van der Waals surface area contributed by atoms with Crippen molar-refractivity contribution in [1.29, 1.82) is 0 Å². The number of carbonyl (C=O) groups is 1. The molecule has 0 spiro atoms. The number of nitrogens with one attached hydrogen (secondary N) is 1. The summed E-state index contributed by atoms with van der Waals surface area (Å²) < 4.78 is 38.0. The summed E-state index contributed by atoms with van der Waals surface area (Å²) in [6, 6.07) is 7.31. The molecular weight excluding hydrogens is 478 g/mol. The Hall–Kier alpha value is -1.75. The maximum atomic E-state index is 12.1. The van der Waals surface area contributed by atoms with Crippen LogP contribution in [0.25, 0.3) is 0 Å². The number of rotatable bonds is 27. The molecule has 9 nitrogen and oxygen atoms in total. The van der Waals surface area contributed by atoms with Gasteiger partial charge in [0.1, 0.15) is 6.61 Å². The monoisotopic (exact) mass is 527 g/mol. The molecule has 0 atom stereocenters. The Morgan fingerprint density at radius 3 is 1.46 bits per heavy atom. The highest BCUT2D eigenvalue weighted by Crippen LogP contribution is 2.10. The topological polar surface area (TPSA) is 93.7 Å². The van der Waals surface area contributed by atoms with Crippen molar-refractivity contribution in [3.05, 3.63) is 29.8 Å². The van der Waals surface area contributed by atoms with Gasteiger partial charge >= 0.3 is 5.97 Å². The van der Waals surface area contributed by atoms with Crippen molar-refractivity contribution in [2.24, 2.45) is 0 Å². The van der Waals surface area contributed by atoms with Gasteiger partial charge < -0.3 is 38.5 Å². The molecule has 0 aliphatic rings. The van der Waals surface area contributed by atoms with Crippen LogP contribution >= 0.6 is 0 Å². The zero-order chi connectivity index (χ0) is 26.7. The first kappa shape index (κ1) is 33.3. The van der Waals surface area contributed by atoms with E-state index in [0.717, 1.165) is 38.1 Å². The summed E-state index contributed by atoms with van der Waals surface area (Å²) in [4.78, 5) is 12.1. The van der Waals surface area contributed by atoms with Crippen molar-refractivity contribution >= 4 is 11.7 Å². The number of esters is 1. The Balaban J connectivity index is 1.79. The molecule has 0 saturated carbocycles. The fourth-order valence-corrected chi connectivity index (χ4v) is 3.07. The van der Waals surface area contributed by atoms with Gasteiger partial charge in [-0.3, -0.25) is 0 Å². The molecule has 0 fully saturated rings. The second kappa shape index (κ2) is 25.9. The Morgan fingerprint density at radius 1 is 0.568 bits per heavy atom. The van der Waals surface area contributed by atoms with Gasteiger partial charge in [0.2, 0.25) is 0 Å². The molecule has 0 aliphatic heterocycles. The second-order valence-electron chi connectivity index (χ2n) is 8.37. The Morgan fingerprint density at radius 2 is 1.00 bits per heavy atom. The van der Waals surface area contributed by atoms with Gasteiger partial charge in [0.15, 0.2) is 0 Å². The van der Waals surface area contributed by atoms with E-state index >= 15 is 0 Å². The second-order valence-corrected chi connectivity index (χ2v) is 8.37. The number of anilines is 1. The molecule has 1 N–H and O–H groups in total. The number of hydrogen-bond acceptors (Lipinski definition) is 9. The van der Waals surface area contributed by atoms with Gasteiger partial charge in [0.25, 0.3) is 0 Å². The average Bonchev–Trinajstić information content (AvgIpc) is 2.92. The molecule has 0 radical (unpaired) electrons. The van der Waals surface area contributed by atoms with E-state index in [0.29, 0.717) is 78.2 Å². The van der Waals surface area contributed by atoms with Crippen LogP contribution in [0.15, 0.2) is 24.3 Å². The van der Waals surface area contributed by atoms with E-state index < -0.39 is 0 Å². The highest BCUT2D eigenvalue weighted by molar-refractivity contribution is 5.89. The molecule has 0 heterocycles. The first-order valence-corrected chi connectivity index (χ1v) is 13.8. The van der Waals surface area contributed by atoms with E-state index in [2.05, 4.69) is 19.2 Å². The van der Waals surface area contributed by atoms with Gasteiger partial charge in [0, 0.05) is 18.8 Å². The summed E-state index contributed by atoms with van der Waals surface area (Å²) in [5.74, 6) is -0.351. The molecule has 0 unspecified atom stereocenters. The van der Waals surface area contributed by atoms with Crippen molar-refractivity contribution in [3.8, 4) is 0 Å². The van der Waals surface area contributed by atoms with E-state index in [4.69, 9.17) is 33.2 Å². The molecule has 0 amide bonds. The zero-order valence-electron chi connectivity index (χ0n) is 23.0. The summed E-state index contributed by atoms with van der Waals surface area (Å²) in [6.07, 6.45) is 5.80. The maximum Gasteiger partial charge on any atom is 0.338 e. The number of unbranched alkanes of at least 4 members (excludes halogenated alkanes) is 3. The molecule has 0 bridgehead atoms. The highest BCUT2D eigenvalue weighted by atomic mass is 16.6. The summed E-state index contributed by atoms with van der Waals surface area (Å²) in [5, 5.41) is 3.32. The minimum Gasteiger partial charge on any atom is -0.460 e. The summed E-state index contributed by atoms with van der Waals surface area (Å²) in [5.41, 5.74) is 1.53. The molecule has 1 aromatic rings. The lowest BCUT2D eigenvalue weighted by Gasteiger charge is -2.09. The van der Waals surface area contributed by atoms with Crippen LogP contribution in [0, 0.1) is 0 Å². The molecule has 0 aromatic heterocycles. The number of ether oxygens (including phenoxy) is 7. The van der Waals surface area contributed by atoms with Crippen LogP contribution in [0.2, 0.25) is 0 Å². The molecule has 0 saturated heterocycles. The minimum absolute atomic E-state index is 0.205. The first-order valence-electron chi connectivity index (χ1n) is 13.8. The third-order valence-electron chi connectivity index (χ3n) is 5.19. The van der Waals surface area contributed by atoms with Crippen LogP contribution in [-0.2, 0) is 33.2 Å². The van der Waals surface area contributed by atoms with Crippen molar-refractivity contribution in [2.45, 2.75) is 46.0 Å². The SMILES string of the molecule is CCCCCOCCOCCOCCOCCOCCOCCOC(=O)c1ccc(NCCCC)cc1. The predicted octanol–water partition coefficient (Wildman–Crippen LogP) is 4.35. The van der Waals surface area contributed by atoms with E-state index in [1.165, 1.54) is 12.8 Å². The molecular formula is C28H49NO8. The number of hydrogen-bond donors (Lipinski definition) is 1. The molecule has 0 aliphatic carbocycles. The molecule has 9 heteroatoms. The average molecular weight is 528 g/mol. The first-order chi connectivity index (χ1) is 18.3. The lowest BCUT2D eigenvalue weighted by atomic mass is 10.2. The van der Waals surface area contributed by atoms with Crippen LogP contribution in [0.3, 0.4) is 0 Å². The van der Waals surface area contributed by atoms with Gasteiger partial charge in [-0.2, -0.15) is 0 Å². The Bertz CT molecular complexity index is 629. The fraction of sp³-hybridized carbons (Fsp3) is 0.750. The van der Waals surface area contributed by atoms with Crippen molar-refractivity contribution < 1.29 is 38.0 Å². The van der Waals surface area contributed by atoms with Gasteiger partial charge in [-0.05, 0) is 37.1 Å². The highest BCUT2D eigenvalue weighted by Gasteiger charge is 2.06. The van der Waals surface area contributed by atoms with Gasteiger partial charge in [-0.15, -0.1) is 0 Å². The Labute approximate surface area is 223 Å². The van der Waals surface area contributed by atoms with E-state index in [-0.39, 0.29) is 12.6 Å². The van der Waals surface area contributed by atoms with Crippen molar-refractivity contribution in [3.63, 3.8) is 0 Å². The van der Waals surface area contributed by atoms with Crippen LogP contribution in [-0.4, -0.2) is 98.4 Å². The molecule has 214 valence electrons. The number of benzene rings is 1. The van der Waals surface area contributed by atoms with Crippen molar-refractivity contribution in [2.75, 3.05) is 97.8 Å². The quantitative estimate of drug-likeness (QED) is 0.132. The van der Waals surface area contributed by atoms with Gasteiger partial charge in [-0.1, -0.05) is 33.1 Å². The lowest BCUT2D eigenvalue weighted by molar-refractivity contribution is -0.0194. The van der Waals surface area contributed by atoms with Crippen molar-refractivity contribution in [1.82, 2.24) is 0 Å². The smallest absolute Gasteiger partial charge is 0.338 e. The number of carbonyl (C=O) groups excluding carboxylic acids is 1. The predicted molar refractivity (Wildman–Crippen MR) is 145 cm³/mol. The van der Waals surface area contributed by atoms with Crippen LogP contribution in [0.4, 0.5) is 5.69 Å². The summed E-state index contributed by atoms with van der Waals surface area (Å²) in [6.45, 7) is 11.9. The zero-order valence-corrected chi connectivity index (χ0v) is 23.0. The largest absolute Gasteiger partial charge is 0.460 e. The molecule has 1 aromatic carbocycles.